The first-order chi connectivity index (χ1) is 9.92. The summed E-state index contributed by atoms with van der Waals surface area (Å²) in [7, 11) is 0. The molecule has 0 amide bonds. The van der Waals surface area contributed by atoms with Gasteiger partial charge in [0.1, 0.15) is 0 Å². The molecule has 0 spiro atoms. The van der Waals surface area contributed by atoms with Crippen molar-refractivity contribution in [2.45, 2.75) is 12.8 Å². The van der Waals surface area contributed by atoms with Crippen LogP contribution in [0.15, 0.2) is 72.9 Å². The van der Waals surface area contributed by atoms with Gasteiger partial charge in [0.05, 0.1) is 11.4 Å². The van der Waals surface area contributed by atoms with Gasteiger partial charge in [-0.25, -0.2) is 0 Å². The van der Waals surface area contributed by atoms with Crippen LogP contribution in [0.5, 0.6) is 0 Å². The molecule has 0 radical (unpaired) electrons. The van der Waals surface area contributed by atoms with Gasteiger partial charge in [0.15, 0.2) is 0 Å². The van der Waals surface area contributed by atoms with Gasteiger partial charge in [-0.3, -0.25) is 9.97 Å². The number of hydrogen-bond donors (Lipinski definition) is 0. The molecule has 0 fully saturated rings. The molecule has 0 aliphatic heterocycles. The van der Waals surface area contributed by atoms with Crippen LogP contribution in [0.4, 0.5) is 0 Å². The first-order valence-electron chi connectivity index (χ1n) is 6.83. The van der Waals surface area contributed by atoms with Crippen LogP contribution in [0.25, 0.3) is 11.4 Å². The molecule has 1 aromatic carbocycles. The summed E-state index contributed by atoms with van der Waals surface area (Å²) in [5.41, 5.74) is 4.32. The van der Waals surface area contributed by atoms with E-state index >= 15 is 0 Å². The molecular weight excluding hydrogens is 244 g/mol. The summed E-state index contributed by atoms with van der Waals surface area (Å²) < 4.78 is 0. The Morgan fingerprint density at radius 2 is 1.45 bits per heavy atom. The number of aryl methyl sites for hydroxylation is 2. The maximum Gasteiger partial charge on any atom is 0.0889 e. The van der Waals surface area contributed by atoms with E-state index in [1.165, 1.54) is 5.56 Å². The lowest BCUT2D eigenvalue weighted by Gasteiger charge is -2.04. The Hall–Kier alpha value is -2.48. The number of pyridine rings is 2. The number of rotatable bonds is 4. The van der Waals surface area contributed by atoms with E-state index in [2.05, 4.69) is 41.4 Å². The SMILES string of the molecule is c1ccc(CCc2cccc(-c3ccccn3)n2)cc1. The third-order valence-electron chi connectivity index (χ3n) is 3.25. The van der Waals surface area contributed by atoms with Crippen molar-refractivity contribution in [2.75, 3.05) is 0 Å². The Bertz CT molecular complexity index is 663. The van der Waals surface area contributed by atoms with Gasteiger partial charge < -0.3 is 0 Å². The topological polar surface area (TPSA) is 25.8 Å². The second-order valence-electron chi connectivity index (χ2n) is 4.71. The lowest BCUT2D eigenvalue weighted by molar-refractivity contribution is 0.914. The van der Waals surface area contributed by atoms with Gasteiger partial charge in [0.25, 0.3) is 0 Å². The van der Waals surface area contributed by atoms with Crippen molar-refractivity contribution in [2.24, 2.45) is 0 Å². The zero-order chi connectivity index (χ0) is 13.6. The predicted octanol–water partition coefficient (Wildman–Crippen LogP) is 3.93. The maximum absolute atomic E-state index is 4.70. The largest absolute Gasteiger partial charge is 0.255 e. The van der Waals surface area contributed by atoms with E-state index in [9.17, 15) is 0 Å². The molecule has 2 aromatic heterocycles. The van der Waals surface area contributed by atoms with Gasteiger partial charge in [0.2, 0.25) is 0 Å². The second kappa shape index (κ2) is 6.11. The summed E-state index contributed by atoms with van der Waals surface area (Å²) in [6.45, 7) is 0. The first kappa shape index (κ1) is 12.5. The van der Waals surface area contributed by atoms with Crippen LogP contribution in [-0.4, -0.2) is 9.97 Å². The van der Waals surface area contributed by atoms with Crippen molar-refractivity contribution in [1.82, 2.24) is 9.97 Å². The van der Waals surface area contributed by atoms with Crippen LogP contribution in [0, 0.1) is 0 Å². The van der Waals surface area contributed by atoms with Crippen molar-refractivity contribution < 1.29 is 0 Å². The van der Waals surface area contributed by atoms with Crippen LogP contribution >= 0.6 is 0 Å². The normalized spacial score (nSPS) is 10.4. The van der Waals surface area contributed by atoms with Crippen molar-refractivity contribution >= 4 is 0 Å². The van der Waals surface area contributed by atoms with E-state index in [4.69, 9.17) is 4.98 Å². The fraction of sp³-hybridized carbons (Fsp3) is 0.111. The molecule has 0 bridgehead atoms. The molecule has 2 nitrogen and oxygen atoms in total. The molecule has 3 aromatic rings. The highest BCUT2D eigenvalue weighted by Gasteiger charge is 2.02. The molecule has 0 N–H and O–H groups in total. The van der Waals surface area contributed by atoms with Crippen LogP contribution < -0.4 is 0 Å². The molecular formula is C18H16N2. The summed E-state index contributed by atoms with van der Waals surface area (Å²) in [6, 6.07) is 22.5. The summed E-state index contributed by atoms with van der Waals surface area (Å²) in [4.78, 5) is 9.04. The highest BCUT2D eigenvalue weighted by molar-refractivity contribution is 5.53. The molecule has 0 unspecified atom stereocenters. The monoisotopic (exact) mass is 260 g/mol. The van der Waals surface area contributed by atoms with Crippen molar-refractivity contribution in [3.63, 3.8) is 0 Å². The fourth-order valence-electron chi connectivity index (χ4n) is 2.19. The minimum atomic E-state index is 0.925. The number of hydrogen-bond acceptors (Lipinski definition) is 2. The van der Waals surface area contributed by atoms with Gasteiger partial charge in [-0.2, -0.15) is 0 Å². The predicted molar refractivity (Wildman–Crippen MR) is 81.3 cm³/mol. The number of aromatic nitrogens is 2. The summed E-state index contributed by atoms with van der Waals surface area (Å²) >= 11 is 0. The summed E-state index contributed by atoms with van der Waals surface area (Å²) in [5.74, 6) is 0. The summed E-state index contributed by atoms with van der Waals surface area (Å²) in [5, 5.41) is 0. The lowest BCUT2D eigenvalue weighted by atomic mass is 10.1. The molecule has 20 heavy (non-hydrogen) atoms. The smallest absolute Gasteiger partial charge is 0.0889 e. The molecule has 0 saturated carbocycles. The third kappa shape index (κ3) is 3.09. The maximum atomic E-state index is 4.70. The minimum absolute atomic E-state index is 0.925. The Morgan fingerprint density at radius 3 is 2.25 bits per heavy atom. The molecule has 2 heteroatoms. The van der Waals surface area contributed by atoms with Crippen LogP contribution in [0.2, 0.25) is 0 Å². The highest BCUT2D eigenvalue weighted by Crippen LogP contribution is 2.14. The average molecular weight is 260 g/mol. The lowest BCUT2D eigenvalue weighted by Crippen LogP contribution is -1.96. The number of benzene rings is 1. The number of nitrogens with zero attached hydrogens (tertiary/aromatic N) is 2. The Balaban J connectivity index is 1.75. The Labute approximate surface area is 119 Å². The molecule has 3 rings (SSSR count). The van der Waals surface area contributed by atoms with Crippen LogP contribution in [0.1, 0.15) is 11.3 Å². The molecule has 0 atom stereocenters. The molecule has 0 aliphatic rings. The second-order valence-corrected chi connectivity index (χ2v) is 4.71. The molecule has 0 saturated heterocycles. The van der Waals surface area contributed by atoms with Crippen molar-refractivity contribution in [3.05, 3.63) is 84.2 Å². The molecule has 98 valence electrons. The van der Waals surface area contributed by atoms with Crippen LogP contribution in [-0.2, 0) is 12.8 Å². The Kier molecular flexibility index (Phi) is 3.83. The van der Waals surface area contributed by atoms with Crippen molar-refractivity contribution in [3.8, 4) is 11.4 Å². The van der Waals surface area contributed by atoms with E-state index in [0.717, 1.165) is 29.9 Å². The van der Waals surface area contributed by atoms with Gasteiger partial charge in [-0.1, -0.05) is 42.5 Å². The molecule has 0 aliphatic carbocycles. The minimum Gasteiger partial charge on any atom is -0.255 e. The van der Waals surface area contributed by atoms with Gasteiger partial charge in [0, 0.05) is 11.9 Å². The quantitative estimate of drug-likeness (QED) is 0.710. The van der Waals surface area contributed by atoms with Gasteiger partial charge in [-0.05, 0) is 42.7 Å². The van der Waals surface area contributed by atoms with E-state index in [1.807, 2.05) is 30.3 Å². The van der Waals surface area contributed by atoms with Crippen molar-refractivity contribution in [1.29, 1.82) is 0 Å². The van der Waals surface area contributed by atoms with Crippen LogP contribution in [0.3, 0.4) is 0 Å². The molecule has 2 heterocycles. The third-order valence-corrected chi connectivity index (χ3v) is 3.25. The van der Waals surface area contributed by atoms with Gasteiger partial charge >= 0.3 is 0 Å². The van der Waals surface area contributed by atoms with E-state index < -0.39 is 0 Å². The standard InChI is InChI=1S/C18H16N2/c1-2-7-15(8-3-1)12-13-16-9-6-11-18(20-16)17-10-4-5-14-19-17/h1-11,14H,12-13H2. The zero-order valence-electron chi connectivity index (χ0n) is 11.2. The highest BCUT2D eigenvalue weighted by atomic mass is 14.8. The van der Waals surface area contributed by atoms with E-state index in [0.29, 0.717) is 0 Å². The fourth-order valence-corrected chi connectivity index (χ4v) is 2.19. The first-order valence-corrected chi connectivity index (χ1v) is 6.83. The summed E-state index contributed by atoms with van der Waals surface area (Å²) in [6.07, 6.45) is 3.76. The Morgan fingerprint density at radius 1 is 0.650 bits per heavy atom. The average Bonchev–Trinajstić information content (AvgIpc) is 2.55. The van der Waals surface area contributed by atoms with Gasteiger partial charge in [-0.15, -0.1) is 0 Å². The van der Waals surface area contributed by atoms with E-state index in [-0.39, 0.29) is 0 Å². The zero-order valence-corrected chi connectivity index (χ0v) is 11.2. The van der Waals surface area contributed by atoms with E-state index in [1.54, 1.807) is 6.20 Å².